The summed E-state index contributed by atoms with van der Waals surface area (Å²) in [5.74, 6) is -2.57. The molecule has 3 saturated heterocycles. The van der Waals surface area contributed by atoms with Crippen LogP contribution in [-0.2, 0) is 47.5 Å². The quantitative estimate of drug-likeness (QED) is 0.0682. The van der Waals surface area contributed by atoms with Crippen LogP contribution in [0.1, 0.15) is 27.7 Å². The highest BCUT2D eigenvalue weighted by Gasteiger charge is 2.53. The molecular weight excluding hydrogens is 642 g/mol. The predicted octanol–water partition coefficient (Wildman–Crippen LogP) is -3.71. The number of amides is 2. The van der Waals surface area contributed by atoms with Crippen molar-refractivity contribution >= 4 is 17.8 Å². The van der Waals surface area contributed by atoms with Gasteiger partial charge in [0.2, 0.25) is 11.8 Å². The SMILES string of the molecule is C=C(C)C(=O)NC1C(OC)OC(CO)C(OC2OC(COC(=O)C(=C)C)C(OC3OC(CO)C(C)C(O)C3NC(C)=O)C(O)C2N)C1O. The van der Waals surface area contributed by atoms with Gasteiger partial charge in [-0.1, -0.05) is 20.1 Å². The van der Waals surface area contributed by atoms with Crippen molar-refractivity contribution < 1.29 is 73.1 Å². The molecule has 18 heteroatoms. The first kappa shape index (κ1) is 39.8. The van der Waals surface area contributed by atoms with Crippen LogP contribution in [0.15, 0.2) is 24.3 Å². The third-order valence-electron chi connectivity index (χ3n) is 8.45. The number of nitrogens with two attached hydrogens (primary N) is 1. The van der Waals surface area contributed by atoms with Gasteiger partial charge in [-0.2, -0.15) is 0 Å². The molecule has 0 bridgehead atoms. The van der Waals surface area contributed by atoms with E-state index in [4.69, 9.17) is 38.9 Å². The molecule has 2 amide bonds. The number of methoxy groups -OCH3 is 1. The third-order valence-corrected chi connectivity index (χ3v) is 8.45. The molecule has 3 aliphatic heterocycles. The van der Waals surface area contributed by atoms with Crippen LogP contribution in [0.4, 0.5) is 0 Å². The van der Waals surface area contributed by atoms with Crippen molar-refractivity contribution in [2.24, 2.45) is 11.7 Å². The number of aliphatic hydroxyl groups excluding tert-OH is 5. The number of hydrogen-bond acceptors (Lipinski definition) is 16. The molecular formula is C30H49N3O15. The Hall–Kier alpha value is -2.59. The van der Waals surface area contributed by atoms with Gasteiger partial charge < -0.3 is 75.1 Å². The normalized spacial score (nSPS) is 40.0. The van der Waals surface area contributed by atoms with Gasteiger partial charge in [0.15, 0.2) is 18.9 Å². The van der Waals surface area contributed by atoms with Crippen LogP contribution in [0.3, 0.4) is 0 Å². The van der Waals surface area contributed by atoms with Gasteiger partial charge in [-0.05, 0) is 13.8 Å². The Morgan fingerprint density at radius 1 is 0.771 bits per heavy atom. The molecule has 0 radical (unpaired) electrons. The number of aliphatic hydroxyl groups is 5. The number of hydrogen-bond donors (Lipinski definition) is 8. The molecule has 18 nitrogen and oxygen atoms in total. The third kappa shape index (κ3) is 9.14. The second-order valence-electron chi connectivity index (χ2n) is 12.2. The highest BCUT2D eigenvalue weighted by molar-refractivity contribution is 5.92. The van der Waals surface area contributed by atoms with Gasteiger partial charge in [0.05, 0.1) is 31.5 Å². The van der Waals surface area contributed by atoms with Crippen molar-refractivity contribution in [3.05, 3.63) is 24.3 Å². The van der Waals surface area contributed by atoms with E-state index < -0.39 is 129 Å². The van der Waals surface area contributed by atoms with E-state index in [9.17, 15) is 39.9 Å². The minimum Gasteiger partial charge on any atom is -0.459 e. The number of carbonyl (C=O) groups excluding carboxylic acids is 3. The molecule has 9 N–H and O–H groups in total. The van der Waals surface area contributed by atoms with Crippen LogP contribution >= 0.6 is 0 Å². The lowest BCUT2D eigenvalue weighted by atomic mass is 9.89. The summed E-state index contributed by atoms with van der Waals surface area (Å²) in [7, 11) is 1.27. The summed E-state index contributed by atoms with van der Waals surface area (Å²) in [6.45, 7) is 11.1. The lowest BCUT2D eigenvalue weighted by Crippen LogP contribution is -2.70. The Kier molecular flexibility index (Phi) is 14.4. The van der Waals surface area contributed by atoms with Gasteiger partial charge in [-0.15, -0.1) is 0 Å². The summed E-state index contributed by atoms with van der Waals surface area (Å²) in [5.41, 5.74) is 6.56. The molecule has 15 unspecified atom stereocenters. The molecule has 0 spiro atoms. The first-order valence-corrected chi connectivity index (χ1v) is 15.4. The molecule has 48 heavy (non-hydrogen) atoms. The predicted molar refractivity (Wildman–Crippen MR) is 162 cm³/mol. The fourth-order valence-corrected chi connectivity index (χ4v) is 5.62. The van der Waals surface area contributed by atoms with Gasteiger partial charge in [0.1, 0.15) is 55.3 Å². The summed E-state index contributed by atoms with van der Waals surface area (Å²) in [6.07, 6.45) is -15.0. The zero-order valence-electron chi connectivity index (χ0n) is 27.6. The number of nitrogens with one attached hydrogen (secondary N) is 2. The Morgan fingerprint density at radius 2 is 1.31 bits per heavy atom. The molecule has 15 atom stereocenters. The number of ether oxygens (including phenoxy) is 7. The fraction of sp³-hybridized carbons (Fsp3) is 0.767. The van der Waals surface area contributed by atoms with E-state index in [0.717, 1.165) is 0 Å². The molecule has 3 heterocycles. The highest BCUT2D eigenvalue weighted by atomic mass is 16.7. The number of rotatable bonds is 13. The largest absolute Gasteiger partial charge is 0.459 e. The van der Waals surface area contributed by atoms with Crippen LogP contribution in [0.2, 0.25) is 0 Å². The minimum absolute atomic E-state index is 0.0568. The summed E-state index contributed by atoms with van der Waals surface area (Å²) in [4.78, 5) is 36.7. The molecule has 0 aliphatic carbocycles. The fourth-order valence-electron chi connectivity index (χ4n) is 5.62. The molecule has 274 valence electrons. The molecule has 0 saturated carbocycles. The molecule has 3 aliphatic rings. The molecule has 3 fully saturated rings. The van der Waals surface area contributed by atoms with Crippen molar-refractivity contribution in [1.29, 1.82) is 0 Å². The summed E-state index contributed by atoms with van der Waals surface area (Å²) >= 11 is 0. The topological polar surface area (TPSA) is 267 Å². The second-order valence-corrected chi connectivity index (χ2v) is 12.2. The van der Waals surface area contributed by atoms with Gasteiger partial charge in [0, 0.05) is 31.1 Å². The first-order chi connectivity index (χ1) is 22.6. The Labute approximate surface area is 278 Å². The van der Waals surface area contributed by atoms with E-state index in [1.54, 1.807) is 6.92 Å². The standard InChI is InChI=1S/C30H49N3O15/c1-11(2)26(40)33-20-23(39)24(16(9-35)45-29(20)42-7)47-28-18(31)22(38)25(17(46-28)10-43-27(41)12(3)4)48-30-19(32-14(6)36)21(37)13(5)15(8-34)44-30/h13,15-25,28-30,34-35,37-39H,1,3,8-10,31H2,2,4-7H3,(H,32,36)(H,33,40). The van der Waals surface area contributed by atoms with Crippen molar-refractivity contribution in [2.45, 2.75) is 114 Å². The lowest BCUT2D eigenvalue weighted by Gasteiger charge is -2.49. The maximum atomic E-state index is 12.4. The Balaban J connectivity index is 1.91. The Morgan fingerprint density at radius 3 is 1.85 bits per heavy atom. The maximum Gasteiger partial charge on any atom is 0.333 e. The Bertz CT molecular complexity index is 1160. The highest BCUT2D eigenvalue weighted by Crippen LogP contribution is 2.33. The molecule has 3 rings (SSSR count). The van der Waals surface area contributed by atoms with Crippen molar-refractivity contribution in [2.75, 3.05) is 26.9 Å². The average molecular weight is 692 g/mol. The van der Waals surface area contributed by atoms with Crippen molar-refractivity contribution in [3.8, 4) is 0 Å². The van der Waals surface area contributed by atoms with Crippen LogP contribution in [-0.4, -0.2) is 156 Å². The van der Waals surface area contributed by atoms with Gasteiger partial charge >= 0.3 is 5.97 Å². The van der Waals surface area contributed by atoms with Gasteiger partial charge in [0.25, 0.3) is 0 Å². The maximum absolute atomic E-state index is 12.4. The molecule has 0 aromatic rings. The van der Waals surface area contributed by atoms with Crippen LogP contribution < -0.4 is 16.4 Å². The summed E-state index contributed by atoms with van der Waals surface area (Å²) in [6, 6.07) is -3.79. The summed E-state index contributed by atoms with van der Waals surface area (Å²) < 4.78 is 40.3. The smallest absolute Gasteiger partial charge is 0.333 e. The van der Waals surface area contributed by atoms with E-state index in [1.165, 1.54) is 27.9 Å². The zero-order valence-corrected chi connectivity index (χ0v) is 27.6. The van der Waals surface area contributed by atoms with Crippen molar-refractivity contribution in [1.82, 2.24) is 10.6 Å². The first-order valence-electron chi connectivity index (χ1n) is 15.4. The van der Waals surface area contributed by atoms with E-state index in [1.807, 2.05) is 0 Å². The summed E-state index contributed by atoms with van der Waals surface area (Å²) in [5, 5.41) is 58.8. The second kappa shape index (κ2) is 17.4. The minimum atomic E-state index is -1.66. The van der Waals surface area contributed by atoms with Crippen LogP contribution in [0.5, 0.6) is 0 Å². The van der Waals surface area contributed by atoms with Gasteiger partial charge in [-0.3, -0.25) is 9.59 Å². The monoisotopic (exact) mass is 691 g/mol. The van der Waals surface area contributed by atoms with Crippen LogP contribution in [0.25, 0.3) is 0 Å². The molecule has 0 aromatic heterocycles. The van der Waals surface area contributed by atoms with E-state index in [-0.39, 0.29) is 11.1 Å². The molecule has 0 aromatic carbocycles. The average Bonchev–Trinajstić information content (AvgIpc) is 3.04. The lowest BCUT2D eigenvalue weighted by molar-refractivity contribution is -0.348. The van der Waals surface area contributed by atoms with E-state index in [2.05, 4.69) is 23.8 Å². The van der Waals surface area contributed by atoms with Crippen molar-refractivity contribution in [3.63, 3.8) is 0 Å². The number of carbonyl (C=O) groups is 3. The van der Waals surface area contributed by atoms with E-state index in [0.29, 0.717) is 0 Å². The van der Waals surface area contributed by atoms with Crippen LogP contribution in [0, 0.1) is 5.92 Å². The van der Waals surface area contributed by atoms with E-state index >= 15 is 0 Å². The number of esters is 1. The zero-order chi connectivity index (χ0) is 36.0. The van der Waals surface area contributed by atoms with Gasteiger partial charge in [-0.25, -0.2) is 4.79 Å².